The highest BCUT2D eigenvalue weighted by molar-refractivity contribution is 5.97. The minimum absolute atomic E-state index is 0.00485. The molecule has 128 valence electrons. The Bertz CT molecular complexity index is 680. The molecule has 2 aliphatic rings. The van der Waals surface area contributed by atoms with E-state index in [1.807, 2.05) is 0 Å². The second-order valence-electron chi connectivity index (χ2n) is 7.88. The summed E-state index contributed by atoms with van der Waals surface area (Å²) in [6.45, 7) is 8.39. The van der Waals surface area contributed by atoms with Crippen molar-refractivity contribution in [2.24, 2.45) is 17.3 Å². The fourth-order valence-corrected chi connectivity index (χ4v) is 3.27. The molecule has 2 N–H and O–H groups in total. The summed E-state index contributed by atoms with van der Waals surface area (Å²) in [5.41, 5.74) is 2.62. The van der Waals surface area contributed by atoms with Crippen LogP contribution in [0.2, 0.25) is 0 Å². The predicted octanol–water partition coefficient (Wildman–Crippen LogP) is 3.76. The van der Waals surface area contributed by atoms with Gasteiger partial charge in [-0.05, 0) is 62.3 Å². The number of carbonyl (C=O) groups excluding carboxylic acids is 2. The maximum atomic E-state index is 12.5. The molecule has 0 bridgehead atoms. The van der Waals surface area contributed by atoms with Gasteiger partial charge in [-0.2, -0.15) is 0 Å². The van der Waals surface area contributed by atoms with Gasteiger partial charge in [0, 0.05) is 17.3 Å². The molecule has 0 aromatic heterocycles. The summed E-state index contributed by atoms with van der Waals surface area (Å²) in [5.74, 6) is 0.316. The lowest BCUT2D eigenvalue weighted by Gasteiger charge is -2.08. The lowest BCUT2D eigenvalue weighted by Crippen LogP contribution is -2.25. The molecular formula is C20H26N2O2. The number of amides is 2. The van der Waals surface area contributed by atoms with Crippen molar-refractivity contribution >= 4 is 17.5 Å². The average molecular weight is 326 g/mol. The van der Waals surface area contributed by atoms with E-state index in [-0.39, 0.29) is 23.1 Å². The molecule has 3 rings (SSSR count). The van der Waals surface area contributed by atoms with Gasteiger partial charge in [-0.1, -0.05) is 25.5 Å². The van der Waals surface area contributed by atoms with E-state index in [4.69, 9.17) is 0 Å². The number of carbonyl (C=O) groups is 2. The van der Waals surface area contributed by atoms with Crippen molar-refractivity contribution < 1.29 is 9.59 Å². The number of rotatable bonds is 5. The Morgan fingerprint density at radius 3 is 2.29 bits per heavy atom. The summed E-state index contributed by atoms with van der Waals surface area (Å²) in [7, 11) is 0. The molecule has 2 fully saturated rings. The molecule has 0 saturated heterocycles. The van der Waals surface area contributed by atoms with Gasteiger partial charge < -0.3 is 10.6 Å². The van der Waals surface area contributed by atoms with Crippen molar-refractivity contribution in [3.8, 4) is 0 Å². The van der Waals surface area contributed by atoms with Crippen LogP contribution in [0.25, 0.3) is 0 Å². The van der Waals surface area contributed by atoms with Gasteiger partial charge in [-0.3, -0.25) is 9.59 Å². The number of benzene rings is 1. The lowest BCUT2D eigenvalue weighted by atomic mass is 10.1. The molecule has 1 aromatic rings. The third-order valence-electron chi connectivity index (χ3n) is 5.03. The summed E-state index contributed by atoms with van der Waals surface area (Å²) in [4.78, 5) is 24.5. The van der Waals surface area contributed by atoms with Crippen LogP contribution in [0.4, 0.5) is 5.69 Å². The zero-order valence-corrected chi connectivity index (χ0v) is 14.8. The predicted molar refractivity (Wildman–Crippen MR) is 95.8 cm³/mol. The zero-order valence-electron chi connectivity index (χ0n) is 14.8. The van der Waals surface area contributed by atoms with Crippen LogP contribution in [0.5, 0.6) is 0 Å². The summed E-state index contributed by atoms with van der Waals surface area (Å²) < 4.78 is 0. The topological polar surface area (TPSA) is 58.2 Å². The van der Waals surface area contributed by atoms with Gasteiger partial charge in [0.05, 0.1) is 5.92 Å². The van der Waals surface area contributed by atoms with E-state index >= 15 is 0 Å². The third-order valence-corrected chi connectivity index (χ3v) is 5.03. The Hall–Kier alpha value is -2.10. The molecule has 4 heteroatoms. The largest absolute Gasteiger partial charge is 0.349 e. The van der Waals surface area contributed by atoms with Crippen LogP contribution in [-0.2, 0) is 4.79 Å². The van der Waals surface area contributed by atoms with Gasteiger partial charge in [0.15, 0.2) is 0 Å². The number of anilines is 1. The van der Waals surface area contributed by atoms with Crippen molar-refractivity contribution in [1.82, 2.24) is 5.32 Å². The van der Waals surface area contributed by atoms with Gasteiger partial charge in [-0.15, -0.1) is 0 Å². The minimum Gasteiger partial charge on any atom is -0.349 e. The molecule has 4 nitrogen and oxygen atoms in total. The van der Waals surface area contributed by atoms with E-state index in [2.05, 4.69) is 44.4 Å². The summed E-state index contributed by atoms with van der Waals surface area (Å²) in [6.07, 6.45) is 4.34. The second-order valence-corrected chi connectivity index (χ2v) is 7.88. The highest BCUT2D eigenvalue weighted by Crippen LogP contribution is 2.59. The van der Waals surface area contributed by atoms with Gasteiger partial charge in [0.1, 0.15) is 0 Å². The van der Waals surface area contributed by atoms with Gasteiger partial charge in [0.25, 0.3) is 5.91 Å². The Morgan fingerprint density at radius 2 is 1.75 bits per heavy atom. The standard InChI is InChI=1S/C20H26N2O2/c1-12(2)11-16-17(20(16,3)4)19(24)22-14-7-5-13(6-8-14)18(23)21-15-9-10-15/h5-8,11,15-17H,9-10H2,1-4H3,(H,21,23)(H,22,24). The first-order chi connectivity index (χ1) is 11.3. The molecule has 2 amide bonds. The number of nitrogens with one attached hydrogen (secondary N) is 2. The number of allylic oxidation sites excluding steroid dienone is 2. The van der Waals surface area contributed by atoms with E-state index in [9.17, 15) is 9.59 Å². The minimum atomic E-state index is -0.0395. The zero-order chi connectivity index (χ0) is 17.5. The molecule has 0 radical (unpaired) electrons. The second kappa shape index (κ2) is 6.08. The summed E-state index contributed by atoms with van der Waals surface area (Å²) in [5, 5.41) is 5.94. The first kappa shape index (κ1) is 16.7. The van der Waals surface area contributed by atoms with Crippen molar-refractivity contribution in [2.45, 2.75) is 46.6 Å². The first-order valence-corrected chi connectivity index (χ1v) is 8.66. The van der Waals surface area contributed by atoms with E-state index in [1.54, 1.807) is 24.3 Å². The Balaban J connectivity index is 1.60. The van der Waals surface area contributed by atoms with Crippen molar-refractivity contribution in [3.63, 3.8) is 0 Å². The van der Waals surface area contributed by atoms with Crippen LogP contribution in [-0.4, -0.2) is 17.9 Å². The van der Waals surface area contributed by atoms with E-state index in [0.717, 1.165) is 18.5 Å². The van der Waals surface area contributed by atoms with E-state index in [0.29, 0.717) is 17.5 Å². The van der Waals surface area contributed by atoms with Gasteiger partial charge >= 0.3 is 0 Å². The van der Waals surface area contributed by atoms with Crippen LogP contribution in [0.15, 0.2) is 35.9 Å². The van der Waals surface area contributed by atoms with Crippen LogP contribution < -0.4 is 10.6 Å². The fourth-order valence-electron chi connectivity index (χ4n) is 3.27. The monoisotopic (exact) mass is 326 g/mol. The van der Waals surface area contributed by atoms with Crippen molar-refractivity contribution in [3.05, 3.63) is 41.5 Å². The first-order valence-electron chi connectivity index (χ1n) is 8.66. The molecule has 2 saturated carbocycles. The van der Waals surface area contributed by atoms with Crippen LogP contribution in [0.3, 0.4) is 0 Å². The maximum Gasteiger partial charge on any atom is 0.251 e. The SMILES string of the molecule is CC(C)=CC1C(C(=O)Nc2ccc(C(=O)NC3CC3)cc2)C1(C)C. The molecule has 2 atom stereocenters. The molecular weight excluding hydrogens is 300 g/mol. The molecule has 0 heterocycles. The molecule has 1 aromatic carbocycles. The molecule has 0 spiro atoms. The van der Waals surface area contributed by atoms with E-state index < -0.39 is 0 Å². The Labute approximate surface area is 143 Å². The van der Waals surface area contributed by atoms with Crippen LogP contribution in [0, 0.1) is 17.3 Å². The normalized spacial score (nSPS) is 24.0. The average Bonchev–Trinajstić information content (AvgIpc) is 3.38. The Kier molecular flexibility index (Phi) is 4.24. The van der Waals surface area contributed by atoms with Gasteiger partial charge in [-0.25, -0.2) is 0 Å². The molecule has 2 aliphatic carbocycles. The molecule has 24 heavy (non-hydrogen) atoms. The highest BCUT2D eigenvalue weighted by atomic mass is 16.2. The summed E-state index contributed by atoms with van der Waals surface area (Å²) in [6, 6.07) is 7.47. The van der Waals surface area contributed by atoms with Crippen molar-refractivity contribution in [1.29, 1.82) is 0 Å². The van der Waals surface area contributed by atoms with Crippen LogP contribution >= 0.6 is 0 Å². The fraction of sp³-hybridized carbons (Fsp3) is 0.500. The van der Waals surface area contributed by atoms with Gasteiger partial charge in [0.2, 0.25) is 5.91 Å². The molecule has 0 aliphatic heterocycles. The quantitative estimate of drug-likeness (QED) is 0.810. The smallest absolute Gasteiger partial charge is 0.251 e. The summed E-state index contributed by atoms with van der Waals surface area (Å²) >= 11 is 0. The van der Waals surface area contributed by atoms with E-state index in [1.165, 1.54) is 5.57 Å². The Morgan fingerprint density at radius 1 is 1.12 bits per heavy atom. The lowest BCUT2D eigenvalue weighted by molar-refractivity contribution is -0.118. The van der Waals surface area contributed by atoms with Crippen LogP contribution in [0.1, 0.15) is 50.9 Å². The highest BCUT2D eigenvalue weighted by Gasteiger charge is 2.60. The number of hydrogen-bond acceptors (Lipinski definition) is 2. The third kappa shape index (κ3) is 3.53. The van der Waals surface area contributed by atoms with Crippen molar-refractivity contribution in [2.75, 3.05) is 5.32 Å². The number of hydrogen-bond donors (Lipinski definition) is 2. The molecule has 2 unspecified atom stereocenters. The maximum absolute atomic E-state index is 12.5.